The molecular weight excluding hydrogens is 344 g/mol. The first-order valence-electron chi connectivity index (χ1n) is 8.34. The van der Waals surface area contributed by atoms with Crippen LogP contribution in [0.2, 0.25) is 5.02 Å². The molecule has 3 amide bonds. The van der Waals surface area contributed by atoms with Gasteiger partial charge in [0.25, 0.3) is 5.91 Å². The van der Waals surface area contributed by atoms with Gasteiger partial charge in [-0.1, -0.05) is 44.0 Å². The number of imide groups is 1. The normalized spacial score (nSPS) is 15.2. The molecule has 136 valence electrons. The Balaban J connectivity index is 1.87. The largest absolute Gasteiger partial charge is 0.455 e. The molecule has 1 aromatic rings. The maximum atomic E-state index is 12.5. The van der Waals surface area contributed by atoms with Crippen LogP contribution >= 0.6 is 11.6 Å². The first kappa shape index (κ1) is 19.2. The van der Waals surface area contributed by atoms with E-state index in [2.05, 4.69) is 10.6 Å². The topological polar surface area (TPSA) is 84.5 Å². The Morgan fingerprint density at radius 2 is 1.84 bits per heavy atom. The highest BCUT2D eigenvalue weighted by Gasteiger charge is 2.47. The Bertz CT molecular complexity index is 639. The summed E-state index contributed by atoms with van der Waals surface area (Å²) >= 11 is 5.89. The predicted octanol–water partition coefficient (Wildman–Crippen LogP) is 2.79. The summed E-state index contributed by atoms with van der Waals surface area (Å²) in [4.78, 5) is 35.8. The second kappa shape index (κ2) is 8.34. The molecule has 2 rings (SSSR count). The molecule has 0 aromatic heterocycles. The van der Waals surface area contributed by atoms with Crippen molar-refractivity contribution in [2.24, 2.45) is 5.92 Å². The summed E-state index contributed by atoms with van der Waals surface area (Å²) < 4.78 is 5.16. The first-order valence-corrected chi connectivity index (χ1v) is 8.72. The zero-order valence-electron chi connectivity index (χ0n) is 14.4. The molecule has 0 radical (unpaired) electrons. The zero-order valence-corrected chi connectivity index (χ0v) is 15.2. The molecule has 1 aromatic carbocycles. The molecule has 0 saturated heterocycles. The Morgan fingerprint density at radius 3 is 2.36 bits per heavy atom. The summed E-state index contributed by atoms with van der Waals surface area (Å²) in [7, 11) is 0. The van der Waals surface area contributed by atoms with Crippen LogP contribution in [-0.4, -0.2) is 31.1 Å². The van der Waals surface area contributed by atoms with E-state index in [1.54, 1.807) is 12.1 Å². The summed E-state index contributed by atoms with van der Waals surface area (Å²) in [5.41, 5.74) is 0.119. The molecule has 0 unspecified atom stereocenters. The molecule has 2 N–H and O–H groups in total. The lowest BCUT2D eigenvalue weighted by Crippen LogP contribution is -2.46. The van der Waals surface area contributed by atoms with Crippen LogP contribution in [-0.2, 0) is 19.7 Å². The molecular formula is C18H23ClN2O4. The number of ether oxygens (including phenoxy) is 1. The molecule has 1 aliphatic rings. The Hall–Kier alpha value is -2.08. The van der Waals surface area contributed by atoms with E-state index < -0.39 is 29.9 Å². The second-order valence-electron chi connectivity index (χ2n) is 6.67. The Kier molecular flexibility index (Phi) is 6.42. The highest BCUT2D eigenvalue weighted by Crippen LogP contribution is 2.45. The number of benzene rings is 1. The number of hydrogen-bond acceptors (Lipinski definition) is 4. The third kappa shape index (κ3) is 4.95. The van der Waals surface area contributed by atoms with E-state index in [4.69, 9.17) is 16.3 Å². The van der Waals surface area contributed by atoms with Crippen molar-refractivity contribution in [2.75, 3.05) is 13.2 Å². The minimum Gasteiger partial charge on any atom is -0.455 e. The van der Waals surface area contributed by atoms with Crippen LogP contribution in [0.15, 0.2) is 24.3 Å². The van der Waals surface area contributed by atoms with E-state index >= 15 is 0 Å². The van der Waals surface area contributed by atoms with Gasteiger partial charge in [-0.25, -0.2) is 4.79 Å². The SMILES string of the molecule is CC(C)CNC(=O)NC(=O)COC(=O)C1(c2ccc(Cl)cc2)CCC1. The van der Waals surface area contributed by atoms with E-state index in [9.17, 15) is 14.4 Å². The standard InChI is InChI=1S/C18H23ClN2O4/c1-12(2)10-20-17(24)21-15(22)11-25-16(23)18(8-3-9-18)13-4-6-14(19)7-5-13/h4-7,12H,3,8-11H2,1-2H3,(H2,20,21,22,24). The molecule has 1 saturated carbocycles. The van der Waals surface area contributed by atoms with Crippen LogP contribution in [0.1, 0.15) is 38.7 Å². The highest BCUT2D eigenvalue weighted by molar-refractivity contribution is 6.30. The van der Waals surface area contributed by atoms with Crippen LogP contribution < -0.4 is 10.6 Å². The van der Waals surface area contributed by atoms with Gasteiger partial charge in [-0.05, 0) is 36.5 Å². The van der Waals surface area contributed by atoms with Gasteiger partial charge in [0, 0.05) is 11.6 Å². The number of urea groups is 1. The first-order chi connectivity index (χ1) is 11.8. The van der Waals surface area contributed by atoms with Crippen molar-refractivity contribution >= 4 is 29.5 Å². The van der Waals surface area contributed by atoms with Gasteiger partial charge < -0.3 is 10.1 Å². The fraction of sp³-hybridized carbons (Fsp3) is 0.500. The van der Waals surface area contributed by atoms with Gasteiger partial charge in [0.2, 0.25) is 0 Å². The van der Waals surface area contributed by atoms with Gasteiger partial charge >= 0.3 is 12.0 Å². The van der Waals surface area contributed by atoms with Gasteiger partial charge in [0.05, 0.1) is 5.41 Å². The Morgan fingerprint density at radius 1 is 1.20 bits per heavy atom. The molecule has 1 aliphatic carbocycles. The number of halogens is 1. The molecule has 0 heterocycles. The summed E-state index contributed by atoms with van der Waals surface area (Å²) in [5.74, 6) is -0.824. The molecule has 0 aliphatic heterocycles. The van der Waals surface area contributed by atoms with Gasteiger partial charge in [-0.3, -0.25) is 14.9 Å². The lowest BCUT2D eigenvalue weighted by atomic mass is 9.64. The lowest BCUT2D eigenvalue weighted by Gasteiger charge is -2.39. The van der Waals surface area contributed by atoms with E-state index in [1.165, 1.54) is 0 Å². The maximum Gasteiger partial charge on any atom is 0.321 e. The Labute approximate surface area is 152 Å². The number of rotatable bonds is 6. The molecule has 7 heteroatoms. The number of esters is 1. The summed E-state index contributed by atoms with van der Waals surface area (Å²) in [6.07, 6.45) is 2.26. The van der Waals surface area contributed by atoms with E-state index in [-0.39, 0.29) is 5.92 Å². The highest BCUT2D eigenvalue weighted by atomic mass is 35.5. The van der Waals surface area contributed by atoms with Crippen molar-refractivity contribution in [2.45, 2.75) is 38.5 Å². The smallest absolute Gasteiger partial charge is 0.321 e. The monoisotopic (exact) mass is 366 g/mol. The number of nitrogens with one attached hydrogen (secondary N) is 2. The van der Waals surface area contributed by atoms with E-state index in [0.29, 0.717) is 24.4 Å². The van der Waals surface area contributed by atoms with Crippen molar-refractivity contribution in [3.63, 3.8) is 0 Å². The molecule has 25 heavy (non-hydrogen) atoms. The van der Waals surface area contributed by atoms with Gasteiger partial charge in [-0.15, -0.1) is 0 Å². The summed E-state index contributed by atoms with van der Waals surface area (Å²) in [6, 6.07) is 6.49. The molecule has 0 atom stereocenters. The third-order valence-corrected chi connectivity index (χ3v) is 4.50. The third-order valence-electron chi connectivity index (χ3n) is 4.25. The van der Waals surface area contributed by atoms with Crippen LogP contribution in [0.3, 0.4) is 0 Å². The molecule has 6 nitrogen and oxygen atoms in total. The number of amides is 3. The number of hydrogen-bond donors (Lipinski definition) is 2. The minimum atomic E-state index is -0.717. The van der Waals surface area contributed by atoms with Gasteiger partial charge in [0.1, 0.15) is 0 Å². The summed E-state index contributed by atoms with van der Waals surface area (Å²) in [6.45, 7) is 3.86. The lowest BCUT2D eigenvalue weighted by molar-refractivity contribution is -0.157. The van der Waals surface area contributed by atoms with Crippen molar-refractivity contribution in [3.8, 4) is 0 Å². The van der Waals surface area contributed by atoms with Crippen LogP contribution in [0.4, 0.5) is 4.79 Å². The van der Waals surface area contributed by atoms with Crippen molar-refractivity contribution in [3.05, 3.63) is 34.9 Å². The van der Waals surface area contributed by atoms with Crippen molar-refractivity contribution in [1.82, 2.24) is 10.6 Å². The quantitative estimate of drug-likeness (QED) is 0.758. The second-order valence-corrected chi connectivity index (χ2v) is 7.11. The average Bonchev–Trinajstić information content (AvgIpc) is 2.51. The van der Waals surface area contributed by atoms with Crippen molar-refractivity contribution in [1.29, 1.82) is 0 Å². The van der Waals surface area contributed by atoms with Crippen molar-refractivity contribution < 1.29 is 19.1 Å². The molecule has 1 fully saturated rings. The van der Waals surface area contributed by atoms with Crippen LogP contribution in [0.25, 0.3) is 0 Å². The van der Waals surface area contributed by atoms with E-state index in [0.717, 1.165) is 12.0 Å². The number of carbonyl (C=O) groups excluding carboxylic acids is 3. The summed E-state index contributed by atoms with van der Waals surface area (Å²) in [5, 5.41) is 5.30. The maximum absolute atomic E-state index is 12.5. The number of carbonyl (C=O) groups is 3. The molecule has 0 bridgehead atoms. The average molecular weight is 367 g/mol. The fourth-order valence-corrected chi connectivity index (χ4v) is 2.81. The minimum absolute atomic E-state index is 0.275. The van der Waals surface area contributed by atoms with E-state index in [1.807, 2.05) is 26.0 Å². The van der Waals surface area contributed by atoms with Gasteiger partial charge in [0.15, 0.2) is 6.61 Å². The molecule has 0 spiro atoms. The fourth-order valence-electron chi connectivity index (χ4n) is 2.68. The van der Waals surface area contributed by atoms with Crippen LogP contribution in [0.5, 0.6) is 0 Å². The predicted molar refractivity (Wildman–Crippen MR) is 94.3 cm³/mol. The zero-order chi connectivity index (χ0) is 18.4. The van der Waals surface area contributed by atoms with Crippen LogP contribution in [0, 0.1) is 5.92 Å². The van der Waals surface area contributed by atoms with Gasteiger partial charge in [-0.2, -0.15) is 0 Å².